The zero-order valence-electron chi connectivity index (χ0n) is 25.1. The molecule has 4 rings (SSSR count). The summed E-state index contributed by atoms with van der Waals surface area (Å²) in [5, 5.41) is 5.58. The van der Waals surface area contributed by atoms with Crippen LogP contribution in [0, 0.1) is 0 Å². The summed E-state index contributed by atoms with van der Waals surface area (Å²) in [6.07, 6.45) is 2.85. The average Bonchev–Trinajstić information content (AvgIpc) is 3.25. The van der Waals surface area contributed by atoms with Crippen LogP contribution in [-0.2, 0) is 34.0 Å². The molecule has 9 nitrogen and oxygen atoms in total. The molecule has 0 bridgehead atoms. The summed E-state index contributed by atoms with van der Waals surface area (Å²) in [5.41, 5.74) is 4.09. The molecule has 40 heavy (non-hydrogen) atoms. The molecule has 1 aromatic carbocycles. The van der Waals surface area contributed by atoms with Gasteiger partial charge in [0.05, 0.1) is 10.7 Å². The number of hydrogen-bond donors (Lipinski definition) is 0. The zero-order valence-corrected chi connectivity index (χ0v) is 26.8. The predicted molar refractivity (Wildman–Crippen MR) is 162 cm³/mol. The van der Waals surface area contributed by atoms with Crippen LogP contribution in [0.3, 0.4) is 0 Å². The average molecular weight is 590 g/mol. The van der Waals surface area contributed by atoms with Crippen LogP contribution in [0.25, 0.3) is 11.3 Å². The molecule has 0 N–H and O–H groups in total. The third-order valence-electron chi connectivity index (χ3n) is 7.27. The van der Waals surface area contributed by atoms with Gasteiger partial charge in [0.2, 0.25) is 5.91 Å². The lowest BCUT2D eigenvalue weighted by Gasteiger charge is -2.35. The minimum atomic E-state index is -1.19. The van der Waals surface area contributed by atoms with Gasteiger partial charge in [0.25, 0.3) is 0 Å². The van der Waals surface area contributed by atoms with Crippen molar-refractivity contribution >= 4 is 37.4 Å². The molecule has 0 unspecified atom stereocenters. The van der Waals surface area contributed by atoms with Gasteiger partial charge in [0, 0.05) is 83.9 Å². The van der Waals surface area contributed by atoms with Crippen LogP contribution in [0.1, 0.15) is 38.3 Å². The van der Waals surface area contributed by atoms with E-state index in [0.717, 1.165) is 47.2 Å². The smallest absolute Gasteiger partial charge is 0.410 e. The third-order valence-corrected chi connectivity index (χ3v) is 9.41. The highest BCUT2D eigenvalue weighted by atomic mass is 35.5. The fourth-order valence-electron chi connectivity index (χ4n) is 4.94. The molecule has 2 aromatic rings. The van der Waals surface area contributed by atoms with Gasteiger partial charge in [-0.2, -0.15) is 5.10 Å². The Morgan fingerprint density at radius 1 is 1.10 bits per heavy atom. The van der Waals surface area contributed by atoms with Crippen molar-refractivity contribution in [1.29, 1.82) is 0 Å². The van der Waals surface area contributed by atoms with Crippen LogP contribution < -0.4 is 4.90 Å². The lowest BCUT2D eigenvalue weighted by Crippen LogP contribution is -2.49. The SMILES string of the molecule is CN1C(=O)CCc2c1ccc(-c1nn(COCC[Si](C)(C)C)cc1CN1CCN(C(=O)OC(C)(C)C)CC1)c2Cl. The van der Waals surface area contributed by atoms with E-state index < -0.39 is 13.7 Å². The van der Waals surface area contributed by atoms with Crippen LogP contribution in [-0.4, -0.2) is 85.1 Å². The number of rotatable bonds is 8. The molecule has 2 aliphatic heterocycles. The van der Waals surface area contributed by atoms with Gasteiger partial charge in [0.1, 0.15) is 12.3 Å². The molecule has 2 aliphatic rings. The van der Waals surface area contributed by atoms with Crippen LogP contribution >= 0.6 is 11.6 Å². The van der Waals surface area contributed by atoms with E-state index >= 15 is 0 Å². The molecule has 1 fully saturated rings. The number of piperazine rings is 1. The number of ether oxygens (including phenoxy) is 2. The van der Waals surface area contributed by atoms with Crippen molar-refractivity contribution in [3.05, 3.63) is 34.5 Å². The first-order valence-corrected chi connectivity index (χ1v) is 18.2. The number of hydrogen-bond acceptors (Lipinski definition) is 6. The number of aromatic nitrogens is 2. The first kappa shape index (κ1) is 30.6. The van der Waals surface area contributed by atoms with E-state index in [0.29, 0.717) is 50.8 Å². The Balaban J connectivity index is 1.54. The van der Waals surface area contributed by atoms with E-state index in [1.54, 1.807) is 16.8 Å². The Morgan fingerprint density at radius 2 is 1.80 bits per heavy atom. The molecule has 0 radical (unpaired) electrons. The monoisotopic (exact) mass is 589 g/mol. The largest absolute Gasteiger partial charge is 0.444 e. The summed E-state index contributed by atoms with van der Waals surface area (Å²) in [7, 11) is 0.611. The molecule has 2 amide bonds. The van der Waals surface area contributed by atoms with E-state index in [1.165, 1.54) is 0 Å². The van der Waals surface area contributed by atoms with E-state index in [4.69, 9.17) is 26.2 Å². The Morgan fingerprint density at radius 3 is 2.45 bits per heavy atom. The topological polar surface area (TPSA) is 80.1 Å². The first-order valence-electron chi connectivity index (χ1n) is 14.1. The number of fused-ring (bicyclic) bond motifs is 1. The summed E-state index contributed by atoms with van der Waals surface area (Å²) in [6.45, 7) is 17.1. The number of benzene rings is 1. The van der Waals surface area contributed by atoms with Gasteiger partial charge in [-0.15, -0.1) is 0 Å². The lowest BCUT2D eigenvalue weighted by molar-refractivity contribution is -0.118. The second kappa shape index (κ2) is 12.2. The molecule has 0 spiro atoms. The van der Waals surface area contributed by atoms with E-state index in [-0.39, 0.29) is 12.0 Å². The number of carbonyl (C=O) groups is 2. The third kappa shape index (κ3) is 7.66. The van der Waals surface area contributed by atoms with Gasteiger partial charge in [-0.3, -0.25) is 9.69 Å². The molecule has 1 aromatic heterocycles. The maximum absolute atomic E-state index is 12.5. The number of carbonyl (C=O) groups excluding carboxylic acids is 2. The Kier molecular flexibility index (Phi) is 9.34. The fraction of sp³-hybridized carbons (Fsp3) is 0.621. The predicted octanol–water partition coefficient (Wildman–Crippen LogP) is 5.48. The molecular weight excluding hydrogens is 546 g/mol. The molecule has 11 heteroatoms. The van der Waals surface area contributed by atoms with Crippen LogP contribution in [0.4, 0.5) is 10.5 Å². The highest BCUT2D eigenvalue weighted by Crippen LogP contribution is 2.40. The van der Waals surface area contributed by atoms with Gasteiger partial charge >= 0.3 is 6.09 Å². The van der Waals surface area contributed by atoms with Gasteiger partial charge in [-0.05, 0) is 50.9 Å². The molecule has 0 aliphatic carbocycles. The quantitative estimate of drug-likeness (QED) is 0.300. The lowest BCUT2D eigenvalue weighted by atomic mass is 9.96. The molecule has 3 heterocycles. The number of halogens is 1. The summed E-state index contributed by atoms with van der Waals surface area (Å²) < 4.78 is 13.4. The molecular formula is C29H44ClN5O4Si. The Labute approximate surface area is 244 Å². The van der Waals surface area contributed by atoms with Crippen molar-refractivity contribution in [3.8, 4) is 11.3 Å². The summed E-state index contributed by atoms with van der Waals surface area (Å²) in [4.78, 5) is 30.6. The first-order chi connectivity index (χ1) is 18.7. The maximum atomic E-state index is 12.5. The van der Waals surface area contributed by atoms with Crippen molar-refractivity contribution in [2.45, 2.75) is 78.2 Å². The maximum Gasteiger partial charge on any atom is 0.410 e. The highest BCUT2D eigenvalue weighted by molar-refractivity contribution is 6.76. The second-order valence-electron chi connectivity index (χ2n) is 13.0. The standard InChI is InChI=1S/C29H44ClN5O4Si/c1-29(2,3)39-28(37)34-14-12-33(13-15-34)18-21-19-35(20-38-16-17-40(5,6)7)31-27(21)23-8-10-24-22(26(23)30)9-11-25(36)32(24)4/h8,10,19H,9,11-18,20H2,1-7H3. The van der Waals surface area contributed by atoms with Gasteiger partial charge in [-0.25, -0.2) is 9.48 Å². The van der Waals surface area contributed by atoms with Crippen LogP contribution in [0.5, 0.6) is 0 Å². The van der Waals surface area contributed by atoms with E-state index in [1.807, 2.05) is 37.6 Å². The van der Waals surface area contributed by atoms with Crippen molar-refractivity contribution < 1.29 is 19.1 Å². The van der Waals surface area contributed by atoms with Gasteiger partial charge < -0.3 is 19.3 Å². The molecule has 0 saturated carbocycles. The number of amides is 2. The van der Waals surface area contributed by atoms with Crippen molar-refractivity contribution in [1.82, 2.24) is 19.6 Å². The van der Waals surface area contributed by atoms with Gasteiger partial charge in [-0.1, -0.05) is 31.2 Å². The zero-order chi connectivity index (χ0) is 29.2. The Hall–Kier alpha value is -2.40. The van der Waals surface area contributed by atoms with Crippen LogP contribution in [0.2, 0.25) is 30.7 Å². The second-order valence-corrected chi connectivity index (χ2v) is 19.0. The highest BCUT2D eigenvalue weighted by Gasteiger charge is 2.29. The van der Waals surface area contributed by atoms with Crippen LogP contribution in [0.15, 0.2) is 18.3 Å². The molecule has 220 valence electrons. The summed E-state index contributed by atoms with van der Waals surface area (Å²) in [5.74, 6) is 0.0993. The summed E-state index contributed by atoms with van der Waals surface area (Å²) >= 11 is 7.00. The summed E-state index contributed by atoms with van der Waals surface area (Å²) in [6, 6.07) is 5.04. The minimum absolute atomic E-state index is 0.0993. The van der Waals surface area contributed by atoms with Crippen molar-refractivity contribution in [2.24, 2.45) is 0 Å². The molecule has 1 saturated heterocycles. The van der Waals surface area contributed by atoms with Crippen molar-refractivity contribution in [3.63, 3.8) is 0 Å². The number of nitrogens with zero attached hydrogens (tertiary/aromatic N) is 5. The minimum Gasteiger partial charge on any atom is -0.444 e. The van der Waals surface area contributed by atoms with E-state index in [2.05, 4.69) is 30.7 Å². The van der Waals surface area contributed by atoms with Crippen molar-refractivity contribution in [2.75, 3.05) is 44.7 Å². The normalized spacial score (nSPS) is 16.9. The van der Waals surface area contributed by atoms with E-state index in [9.17, 15) is 9.59 Å². The fourth-order valence-corrected chi connectivity index (χ4v) is 6.04. The number of anilines is 1. The Bertz CT molecular complexity index is 1230. The van der Waals surface area contributed by atoms with Gasteiger partial charge in [0.15, 0.2) is 0 Å². The molecule has 0 atom stereocenters.